The zero-order valence-corrected chi connectivity index (χ0v) is 32.2. The molecule has 1 aliphatic heterocycles. The molecule has 46 heavy (non-hydrogen) atoms. The summed E-state index contributed by atoms with van der Waals surface area (Å²) in [6.45, 7) is 20.6. The van der Waals surface area contributed by atoms with Gasteiger partial charge in [0.15, 0.2) is 5.78 Å². The number of allylic oxidation sites excluding steroid dienone is 2. The Morgan fingerprint density at radius 1 is 0.848 bits per heavy atom. The second kappa shape index (κ2) is 13.0. The Kier molecular flexibility index (Phi) is 10.0. The molecule has 1 N–H and O–H groups in total. The Balaban J connectivity index is 0.000000295. The fourth-order valence-electron chi connectivity index (χ4n) is 6.12. The van der Waals surface area contributed by atoms with Gasteiger partial charge in [-0.1, -0.05) is 140 Å². The summed E-state index contributed by atoms with van der Waals surface area (Å²) in [6, 6.07) is 32.4. The topological polar surface area (TPSA) is 50.2 Å². The minimum atomic E-state index is -1.85. The Labute approximate surface area is 289 Å². The molecule has 0 unspecified atom stereocenters. The standard InChI is InChI=1S/C30H26NSi.C11H20O2.Ir/c1-19(2)25-18-21(17-20-11-5-6-12-22(20)25)29-28-24-14-8-10-16-27(24)32(3,4)30(28)23-13-7-9-15-26(23)31-29;1-10(2,3)8(12)7-9(13)11(4,5)6;/h5-16,18-19H,1-4H3;7,12H,1-6H3;/q-1;;/b;8-7-;. The molecule has 6 rings (SSSR count). The second-order valence-corrected chi connectivity index (χ2v) is 19.4. The molecule has 0 bridgehead atoms. The van der Waals surface area contributed by atoms with E-state index >= 15 is 0 Å². The van der Waals surface area contributed by atoms with E-state index in [0.29, 0.717) is 5.92 Å². The average molecular weight is 805 g/mol. The second-order valence-electron chi connectivity index (χ2n) is 15.1. The number of pyridine rings is 1. The minimum absolute atomic E-state index is 0. The maximum absolute atomic E-state index is 11.5. The first-order valence-corrected chi connectivity index (χ1v) is 19.0. The van der Waals surface area contributed by atoms with Gasteiger partial charge >= 0.3 is 0 Å². The first-order chi connectivity index (χ1) is 21.0. The molecule has 5 aromatic rings. The van der Waals surface area contributed by atoms with Crippen molar-refractivity contribution in [1.29, 1.82) is 0 Å². The molecule has 0 aliphatic carbocycles. The molecule has 0 saturated heterocycles. The third kappa shape index (κ3) is 6.69. The first kappa shape index (κ1) is 35.5. The van der Waals surface area contributed by atoms with Crippen molar-refractivity contribution in [3.8, 4) is 22.4 Å². The van der Waals surface area contributed by atoms with Crippen molar-refractivity contribution in [3.63, 3.8) is 0 Å². The average Bonchev–Trinajstić information content (AvgIpc) is 3.22. The third-order valence-electron chi connectivity index (χ3n) is 8.85. The molecule has 4 aromatic carbocycles. The fraction of sp³-hybridized carbons (Fsp3) is 0.317. The Bertz CT molecular complexity index is 1960. The zero-order chi connectivity index (χ0) is 32.9. The van der Waals surface area contributed by atoms with E-state index in [-0.39, 0.29) is 37.1 Å². The third-order valence-corrected chi connectivity index (χ3v) is 12.4. The SMILES string of the molecule is CC(C)(C)C(=O)/C=C(\O)C(C)(C)C.CC(C)c1cc(-c2nc3ccccc3c3c2-c2ccccc2[Si]3(C)C)[c-]c2ccccc12.[Ir]. The summed E-state index contributed by atoms with van der Waals surface area (Å²) in [4.78, 5) is 16.8. The van der Waals surface area contributed by atoms with E-state index in [1.54, 1.807) is 0 Å². The normalized spacial score (nSPS) is 13.9. The Morgan fingerprint density at radius 3 is 2.07 bits per heavy atom. The summed E-state index contributed by atoms with van der Waals surface area (Å²) in [5.41, 5.74) is 6.56. The van der Waals surface area contributed by atoms with Crippen LogP contribution < -0.4 is 10.4 Å². The van der Waals surface area contributed by atoms with Gasteiger partial charge in [0.05, 0.1) is 5.52 Å². The number of carbonyl (C=O) groups is 1. The van der Waals surface area contributed by atoms with Crippen LogP contribution in [0.15, 0.2) is 90.7 Å². The molecule has 1 aromatic heterocycles. The predicted octanol–water partition coefficient (Wildman–Crippen LogP) is 9.87. The number of ketones is 1. The summed E-state index contributed by atoms with van der Waals surface area (Å²) >= 11 is 0. The molecular formula is C41H46IrNO2Si-. The number of para-hydroxylation sites is 1. The van der Waals surface area contributed by atoms with Crippen LogP contribution in [0.4, 0.5) is 0 Å². The molecule has 5 heteroatoms. The Morgan fingerprint density at radius 2 is 1.43 bits per heavy atom. The number of aliphatic hydroxyl groups excluding tert-OH is 1. The van der Waals surface area contributed by atoms with Gasteiger partial charge in [0.1, 0.15) is 13.8 Å². The van der Waals surface area contributed by atoms with E-state index in [0.717, 1.165) is 16.8 Å². The monoisotopic (exact) mass is 805 g/mol. The van der Waals surface area contributed by atoms with Crippen LogP contribution >= 0.6 is 0 Å². The van der Waals surface area contributed by atoms with Crippen molar-refractivity contribution < 1.29 is 30.0 Å². The van der Waals surface area contributed by atoms with E-state index in [1.165, 1.54) is 49.3 Å². The number of benzene rings is 4. The molecule has 2 heterocycles. The van der Waals surface area contributed by atoms with Crippen LogP contribution in [0.1, 0.15) is 66.9 Å². The van der Waals surface area contributed by atoms with Crippen molar-refractivity contribution in [1.82, 2.24) is 4.98 Å². The van der Waals surface area contributed by atoms with Gasteiger partial charge in [0.2, 0.25) is 0 Å². The molecule has 1 radical (unpaired) electrons. The van der Waals surface area contributed by atoms with Gasteiger partial charge in [-0.3, -0.25) is 9.78 Å². The van der Waals surface area contributed by atoms with Crippen molar-refractivity contribution >= 4 is 45.9 Å². The van der Waals surface area contributed by atoms with E-state index < -0.39 is 13.5 Å². The summed E-state index contributed by atoms with van der Waals surface area (Å²) in [7, 11) is -1.85. The largest absolute Gasteiger partial charge is 0.512 e. The summed E-state index contributed by atoms with van der Waals surface area (Å²) < 4.78 is 0. The van der Waals surface area contributed by atoms with E-state index in [9.17, 15) is 9.90 Å². The maximum atomic E-state index is 11.5. The summed E-state index contributed by atoms with van der Waals surface area (Å²) in [5.74, 6) is 0.534. The number of hydrogen-bond donors (Lipinski definition) is 1. The van der Waals surface area contributed by atoms with Crippen LogP contribution in [0.25, 0.3) is 44.1 Å². The van der Waals surface area contributed by atoms with Crippen LogP contribution in [0, 0.1) is 16.9 Å². The predicted molar refractivity (Wildman–Crippen MR) is 194 cm³/mol. The first-order valence-electron chi connectivity index (χ1n) is 16.0. The summed E-state index contributed by atoms with van der Waals surface area (Å²) in [6.07, 6.45) is 1.33. The quantitative estimate of drug-likeness (QED) is 0.0856. The van der Waals surface area contributed by atoms with Crippen LogP contribution in [-0.2, 0) is 24.9 Å². The van der Waals surface area contributed by atoms with Gasteiger partial charge in [-0.2, -0.15) is 0 Å². The number of aromatic nitrogens is 1. The minimum Gasteiger partial charge on any atom is -0.512 e. The van der Waals surface area contributed by atoms with Gasteiger partial charge in [0.25, 0.3) is 0 Å². The molecule has 1 aliphatic rings. The smallest absolute Gasteiger partial charge is 0.164 e. The number of fused-ring (bicyclic) bond motifs is 6. The van der Waals surface area contributed by atoms with Crippen molar-refractivity contribution in [2.75, 3.05) is 0 Å². The molecule has 241 valence electrons. The van der Waals surface area contributed by atoms with E-state index in [2.05, 4.69) is 112 Å². The summed E-state index contributed by atoms with van der Waals surface area (Å²) in [5, 5.41) is 16.4. The van der Waals surface area contributed by atoms with E-state index in [1.807, 2.05) is 41.5 Å². The van der Waals surface area contributed by atoms with Gasteiger partial charge in [0, 0.05) is 42.7 Å². The van der Waals surface area contributed by atoms with Gasteiger partial charge in [-0.25, -0.2) is 0 Å². The van der Waals surface area contributed by atoms with Gasteiger partial charge < -0.3 is 5.11 Å². The molecule has 0 fully saturated rings. The molecule has 0 saturated carbocycles. The molecular weight excluding hydrogens is 759 g/mol. The Hall–Kier alpha value is -3.37. The van der Waals surface area contributed by atoms with Crippen molar-refractivity contribution in [3.05, 3.63) is 102 Å². The van der Waals surface area contributed by atoms with Gasteiger partial charge in [-0.05, 0) is 38.9 Å². The fourth-order valence-corrected chi connectivity index (χ4v) is 9.55. The van der Waals surface area contributed by atoms with Crippen LogP contribution in [0.3, 0.4) is 0 Å². The number of nitrogens with zero attached hydrogens (tertiary/aromatic N) is 1. The molecule has 0 atom stereocenters. The van der Waals surface area contributed by atoms with Crippen molar-refractivity contribution in [2.24, 2.45) is 10.8 Å². The van der Waals surface area contributed by atoms with Crippen LogP contribution in [0.2, 0.25) is 13.1 Å². The van der Waals surface area contributed by atoms with Crippen LogP contribution in [-0.4, -0.2) is 23.9 Å². The molecule has 3 nitrogen and oxygen atoms in total. The molecule has 0 spiro atoms. The van der Waals surface area contributed by atoms with E-state index in [4.69, 9.17) is 4.98 Å². The molecule has 0 amide bonds. The number of rotatable bonds is 3. The number of aliphatic hydroxyl groups is 1. The van der Waals surface area contributed by atoms with Gasteiger partial charge in [-0.15, -0.1) is 29.1 Å². The number of carbonyl (C=O) groups excluding carboxylic acids is 1. The van der Waals surface area contributed by atoms with Crippen LogP contribution in [0.5, 0.6) is 0 Å². The number of hydrogen-bond acceptors (Lipinski definition) is 3. The zero-order valence-electron chi connectivity index (χ0n) is 28.8. The van der Waals surface area contributed by atoms with Crippen molar-refractivity contribution in [2.45, 2.75) is 74.4 Å². The maximum Gasteiger partial charge on any atom is 0.164 e.